The van der Waals surface area contributed by atoms with Crippen molar-refractivity contribution >= 4 is 5.78 Å². The SMILES string of the molecule is CC(N)CCC(=O)C1=CCCCO1. The van der Waals surface area contributed by atoms with Gasteiger partial charge in [-0.15, -0.1) is 0 Å². The number of carbonyl (C=O) groups excluding carboxylic acids is 1. The predicted molar refractivity (Wildman–Crippen MR) is 51.2 cm³/mol. The number of carbonyl (C=O) groups is 1. The monoisotopic (exact) mass is 183 g/mol. The van der Waals surface area contributed by atoms with Crippen molar-refractivity contribution < 1.29 is 9.53 Å². The standard InChI is InChI=1S/C10H17NO2/c1-8(11)5-6-9(12)10-4-2-3-7-13-10/h4,8H,2-3,5-7,11H2,1H3. The first-order chi connectivity index (χ1) is 6.20. The Kier molecular flexibility index (Phi) is 3.96. The van der Waals surface area contributed by atoms with Gasteiger partial charge in [0.05, 0.1) is 6.61 Å². The summed E-state index contributed by atoms with van der Waals surface area (Å²) in [5.41, 5.74) is 5.56. The van der Waals surface area contributed by atoms with Gasteiger partial charge in [-0.25, -0.2) is 0 Å². The van der Waals surface area contributed by atoms with E-state index in [1.54, 1.807) is 0 Å². The van der Waals surface area contributed by atoms with E-state index in [0.717, 1.165) is 19.3 Å². The van der Waals surface area contributed by atoms with Crippen molar-refractivity contribution in [1.29, 1.82) is 0 Å². The molecular weight excluding hydrogens is 166 g/mol. The Morgan fingerprint density at radius 2 is 2.54 bits per heavy atom. The Morgan fingerprint density at radius 1 is 1.77 bits per heavy atom. The lowest BCUT2D eigenvalue weighted by molar-refractivity contribution is -0.119. The molecule has 1 aliphatic rings. The molecule has 1 aliphatic heterocycles. The van der Waals surface area contributed by atoms with Crippen molar-refractivity contribution in [3.63, 3.8) is 0 Å². The summed E-state index contributed by atoms with van der Waals surface area (Å²) in [4.78, 5) is 11.5. The van der Waals surface area contributed by atoms with Crippen LogP contribution in [0.25, 0.3) is 0 Å². The van der Waals surface area contributed by atoms with Crippen LogP contribution in [0, 0.1) is 0 Å². The molecule has 2 N–H and O–H groups in total. The largest absolute Gasteiger partial charge is 0.490 e. The van der Waals surface area contributed by atoms with Crippen molar-refractivity contribution in [2.75, 3.05) is 6.61 Å². The van der Waals surface area contributed by atoms with E-state index in [1.807, 2.05) is 13.0 Å². The van der Waals surface area contributed by atoms with Crippen LogP contribution in [0.3, 0.4) is 0 Å². The lowest BCUT2D eigenvalue weighted by Gasteiger charge is -2.13. The lowest BCUT2D eigenvalue weighted by Crippen LogP contribution is -2.18. The van der Waals surface area contributed by atoms with E-state index >= 15 is 0 Å². The lowest BCUT2D eigenvalue weighted by atomic mass is 10.1. The summed E-state index contributed by atoms with van der Waals surface area (Å²) in [5.74, 6) is 0.643. The number of allylic oxidation sites excluding steroid dienone is 2. The van der Waals surface area contributed by atoms with Crippen LogP contribution in [-0.2, 0) is 9.53 Å². The third-order valence-electron chi connectivity index (χ3n) is 2.04. The van der Waals surface area contributed by atoms with E-state index in [-0.39, 0.29) is 11.8 Å². The summed E-state index contributed by atoms with van der Waals surface area (Å²) >= 11 is 0. The Hall–Kier alpha value is -0.830. The second-order valence-electron chi connectivity index (χ2n) is 3.50. The summed E-state index contributed by atoms with van der Waals surface area (Å²) in [6.45, 7) is 2.58. The maximum atomic E-state index is 11.5. The van der Waals surface area contributed by atoms with Crippen LogP contribution in [0.15, 0.2) is 11.8 Å². The predicted octanol–water partition coefficient (Wildman–Crippen LogP) is 1.38. The molecule has 0 spiro atoms. The fourth-order valence-electron chi connectivity index (χ4n) is 1.23. The Bertz CT molecular complexity index is 209. The van der Waals surface area contributed by atoms with Crippen LogP contribution in [0.4, 0.5) is 0 Å². The van der Waals surface area contributed by atoms with Gasteiger partial charge >= 0.3 is 0 Å². The molecule has 0 aromatic heterocycles. The number of ether oxygens (including phenoxy) is 1. The van der Waals surface area contributed by atoms with Crippen molar-refractivity contribution in [3.8, 4) is 0 Å². The molecule has 1 rings (SSSR count). The minimum Gasteiger partial charge on any atom is -0.490 e. The summed E-state index contributed by atoms with van der Waals surface area (Å²) in [7, 11) is 0. The molecule has 0 aliphatic carbocycles. The molecule has 0 aromatic carbocycles. The molecule has 1 heterocycles. The van der Waals surface area contributed by atoms with Gasteiger partial charge in [0, 0.05) is 12.5 Å². The smallest absolute Gasteiger partial charge is 0.197 e. The number of nitrogens with two attached hydrogens (primary N) is 1. The van der Waals surface area contributed by atoms with E-state index in [4.69, 9.17) is 10.5 Å². The zero-order valence-corrected chi connectivity index (χ0v) is 8.08. The van der Waals surface area contributed by atoms with E-state index in [0.29, 0.717) is 18.8 Å². The van der Waals surface area contributed by atoms with E-state index in [1.165, 1.54) is 0 Å². The van der Waals surface area contributed by atoms with Crippen molar-refractivity contribution in [1.82, 2.24) is 0 Å². The molecule has 3 nitrogen and oxygen atoms in total. The molecule has 0 bridgehead atoms. The van der Waals surface area contributed by atoms with Gasteiger partial charge < -0.3 is 10.5 Å². The van der Waals surface area contributed by atoms with Crippen LogP contribution in [0.5, 0.6) is 0 Å². The Morgan fingerprint density at radius 3 is 3.08 bits per heavy atom. The molecular formula is C10H17NO2. The molecule has 0 radical (unpaired) electrons. The van der Waals surface area contributed by atoms with Crippen molar-refractivity contribution in [3.05, 3.63) is 11.8 Å². The van der Waals surface area contributed by atoms with Crippen molar-refractivity contribution in [2.45, 2.75) is 38.6 Å². The zero-order valence-electron chi connectivity index (χ0n) is 8.08. The number of hydrogen-bond acceptors (Lipinski definition) is 3. The topological polar surface area (TPSA) is 52.3 Å². The summed E-state index contributed by atoms with van der Waals surface area (Å²) in [6.07, 6.45) is 5.10. The second kappa shape index (κ2) is 5.02. The molecule has 0 saturated carbocycles. The van der Waals surface area contributed by atoms with Gasteiger partial charge in [-0.2, -0.15) is 0 Å². The summed E-state index contributed by atoms with van der Waals surface area (Å²) < 4.78 is 5.24. The third kappa shape index (κ3) is 3.59. The number of hydrogen-bond donors (Lipinski definition) is 1. The molecule has 0 fully saturated rings. The molecule has 13 heavy (non-hydrogen) atoms. The quantitative estimate of drug-likeness (QED) is 0.716. The van der Waals surface area contributed by atoms with Gasteiger partial charge in [0.2, 0.25) is 0 Å². The Balaban J connectivity index is 2.34. The number of ketones is 1. The van der Waals surface area contributed by atoms with Gasteiger partial charge in [-0.3, -0.25) is 4.79 Å². The molecule has 0 amide bonds. The van der Waals surface area contributed by atoms with Crippen LogP contribution >= 0.6 is 0 Å². The third-order valence-corrected chi connectivity index (χ3v) is 2.04. The van der Waals surface area contributed by atoms with E-state index in [2.05, 4.69) is 0 Å². The highest BCUT2D eigenvalue weighted by Crippen LogP contribution is 2.13. The number of Topliss-reactive ketones (excluding diaryl/α,β-unsaturated/α-hetero) is 1. The minimum atomic E-state index is 0.0909. The average molecular weight is 183 g/mol. The fourth-order valence-corrected chi connectivity index (χ4v) is 1.23. The summed E-state index contributed by atoms with van der Waals surface area (Å²) in [5, 5.41) is 0. The van der Waals surface area contributed by atoms with Gasteiger partial charge in [0.25, 0.3) is 0 Å². The first-order valence-electron chi connectivity index (χ1n) is 4.82. The van der Waals surface area contributed by atoms with E-state index in [9.17, 15) is 4.79 Å². The summed E-state index contributed by atoms with van der Waals surface area (Å²) in [6, 6.07) is 0.0909. The van der Waals surface area contributed by atoms with Gasteiger partial charge in [-0.05, 0) is 32.3 Å². The minimum absolute atomic E-state index is 0.0909. The Labute approximate surface area is 78.9 Å². The van der Waals surface area contributed by atoms with Gasteiger partial charge in [0.15, 0.2) is 11.5 Å². The first-order valence-corrected chi connectivity index (χ1v) is 4.82. The van der Waals surface area contributed by atoms with Crippen LogP contribution in [0.2, 0.25) is 0 Å². The maximum Gasteiger partial charge on any atom is 0.197 e. The number of rotatable bonds is 4. The van der Waals surface area contributed by atoms with Crippen LogP contribution in [-0.4, -0.2) is 18.4 Å². The molecule has 1 unspecified atom stereocenters. The molecule has 1 atom stereocenters. The van der Waals surface area contributed by atoms with Crippen LogP contribution in [0.1, 0.15) is 32.6 Å². The highest BCUT2D eigenvalue weighted by Gasteiger charge is 2.13. The second-order valence-corrected chi connectivity index (χ2v) is 3.50. The van der Waals surface area contributed by atoms with E-state index < -0.39 is 0 Å². The highest BCUT2D eigenvalue weighted by molar-refractivity contribution is 5.93. The fraction of sp³-hybridized carbons (Fsp3) is 0.700. The normalized spacial score (nSPS) is 18.8. The maximum absolute atomic E-state index is 11.5. The molecule has 3 heteroatoms. The molecule has 74 valence electrons. The van der Waals surface area contributed by atoms with Gasteiger partial charge in [-0.1, -0.05) is 0 Å². The first kappa shape index (κ1) is 10.3. The average Bonchev–Trinajstić information content (AvgIpc) is 2.15. The molecule has 0 saturated heterocycles. The van der Waals surface area contributed by atoms with Crippen molar-refractivity contribution in [2.24, 2.45) is 5.73 Å². The van der Waals surface area contributed by atoms with Gasteiger partial charge in [0.1, 0.15) is 0 Å². The molecule has 0 aromatic rings. The van der Waals surface area contributed by atoms with Crippen LogP contribution < -0.4 is 5.73 Å². The zero-order chi connectivity index (χ0) is 9.68. The highest BCUT2D eigenvalue weighted by atomic mass is 16.5.